The Balaban J connectivity index is 1.58. The molecule has 3 atom stereocenters. The highest BCUT2D eigenvalue weighted by atomic mass is 16.5. The summed E-state index contributed by atoms with van der Waals surface area (Å²) in [5.41, 5.74) is 1.99. The number of nitrogens with one attached hydrogen (secondary N) is 2. The Hall–Kier alpha value is -1.97. The molecule has 1 amide bonds. The Labute approximate surface area is 149 Å². The lowest BCUT2D eigenvalue weighted by Gasteiger charge is -2.43. The fraction of sp³-hybridized carbons (Fsp3) is 0.571. The molecule has 0 spiro atoms. The van der Waals surface area contributed by atoms with Crippen molar-refractivity contribution in [2.75, 3.05) is 6.61 Å². The zero-order valence-corrected chi connectivity index (χ0v) is 15.6. The highest BCUT2D eigenvalue weighted by molar-refractivity contribution is 5.98. The third-order valence-electron chi connectivity index (χ3n) is 6.69. The molecule has 0 saturated heterocycles. The van der Waals surface area contributed by atoms with E-state index in [2.05, 4.69) is 31.1 Å². The molecule has 2 unspecified atom stereocenters. The van der Waals surface area contributed by atoms with Gasteiger partial charge >= 0.3 is 0 Å². The minimum Gasteiger partial charge on any atom is -0.494 e. The normalized spacial score (nSPS) is 29.9. The van der Waals surface area contributed by atoms with Crippen LogP contribution in [0.3, 0.4) is 0 Å². The summed E-state index contributed by atoms with van der Waals surface area (Å²) in [6.07, 6.45) is 3.74. The number of aromatic amines is 1. The minimum absolute atomic E-state index is 0.000935. The molecule has 2 N–H and O–H groups in total. The van der Waals surface area contributed by atoms with Crippen LogP contribution in [0.2, 0.25) is 0 Å². The lowest BCUT2D eigenvalue weighted by Crippen LogP contribution is -2.52. The highest BCUT2D eigenvalue weighted by Crippen LogP contribution is 2.62. The maximum Gasteiger partial charge on any atom is 0.267 e. The third kappa shape index (κ3) is 2.54. The van der Waals surface area contributed by atoms with Gasteiger partial charge in [0.15, 0.2) is 0 Å². The Morgan fingerprint density at radius 2 is 2.12 bits per heavy atom. The summed E-state index contributed by atoms with van der Waals surface area (Å²) in [6.45, 7) is 9.57. The number of carbonyl (C=O) groups excluding carboxylic acids is 1. The second kappa shape index (κ2) is 5.52. The number of H-pyrrole nitrogens is 1. The van der Waals surface area contributed by atoms with E-state index < -0.39 is 0 Å². The molecule has 2 saturated carbocycles. The van der Waals surface area contributed by atoms with Crippen molar-refractivity contribution in [1.29, 1.82) is 0 Å². The lowest BCUT2D eigenvalue weighted by atomic mass is 9.68. The van der Waals surface area contributed by atoms with Crippen LogP contribution in [0.5, 0.6) is 5.75 Å². The van der Waals surface area contributed by atoms with Gasteiger partial charge in [0.05, 0.1) is 6.61 Å². The van der Waals surface area contributed by atoms with Crippen LogP contribution in [0.15, 0.2) is 24.3 Å². The van der Waals surface area contributed by atoms with E-state index in [-0.39, 0.29) is 22.8 Å². The molecule has 0 radical (unpaired) electrons. The second-order valence-electron chi connectivity index (χ2n) is 8.69. The monoisotopic (exact) mass is 340 g/mol. The molecule has 1 aromatic heterocycles. The molecule has 4 rings (SSSR count). The molecule has 2 aliphatic carbocycles. The quantitative estimate of drug-likeness (QED) is 0.860. The van der Waals surface area contributed by atoms with E-state index in [4.69, 9.17) is 4.74 Å². The predicted octanol–water partition coefficient (Wildman–Crippen LogP) is 4.51. The topological polar surface area (TPSA) is 54.1 Å². The Kier molecular flexibility index (Phi) is 3.64. The zero-order chi connectivity index (χ0) is 17.8. The van der Waals surface area contributed by atoms with Crippen LogP contribution in [0.1, 0.15) is 57.4 Å². The van der Waals surface area contributed by atoms with Crippen LogP contribution in [0.4, 0.5) is 0 Å². The van der Waals surface area contributed by atoms with Crippen LogP contribution in [-0.4, -0.2) is 23.5 Å². The van der Waals surface area contributed by atoms with Gasteiger partial charge in [-0.2, -0.15) is 0 Å². The van der Waals surface area contributed by atoms with Crippen molar-refractivity contribution in [3.05, 3.63) is 30.0 Å². The molecular formula is C21H28N2O2. The standard InChI is InChI=1S/C21H28N2O2/c1-5-25-15-6-7-16-13(10-15)11-17(22-16)18(24)23-19-20(2,3)14-8-9-21(19,4)12-14/h6-7,10-11,14,19,22H,5,8-9,12H2,1-4H3,(H,23,24)/t14?,19?,21-/m1/s1. The lowest BCUT2D eigenvalue weighted by molar-refractivity contribution is 0.0734. The Morgan fingerprint density at radius 1 is 1.32 bits per heavy atom. The summed E-state index contributed by atoms with van der Waals surface area (Å²) in [5.74, 6) is 1.56. The van der Waals surface area contributed by atoms with Crippen molar-refractivity contribution in [2.45, 2.75) is 53.0 Å². The molecule has 2 aromatic rings. The van der Waals surface area contributed by atoms with Gasteiger partial charge < -0.3 is 15.0 Å². The van der Waals surface area contributed by atoms with Crippen LogP contribution in [0.25, 0.3) is 10.9 Å². The number of amides is 1. The van der Waals surface area contributed by atoms with Crippen molar-refractivity contribution in [1.82, 2.24) is 10.3 Å². The van der Waals surface area contributed by atoms with E-state index in [0.717, 1.165) is 22.6 Å². The molecule has 134 valence electrons. The average molecular weight is 340 g/mol. The fourth-order valence-corrected chi connectivity index (χ4v) is 5.36. The number of fused-ring (bicyclic) bond motifs is 3. The Bertz CT molecular complexity index is 818. The number of carbonyl (C=O) groups is 1. The first-order valence-electron chi connectivity index (χ1n) is 9.40. The number of rotatable bonds is 4. The van der Waals surface area contributed by atoms with Crippen LogP contribution >= 0.6 is 0 Å². The van der Waals surface area contributed by atoms with E-state index >= 15 is 0 Å². The summed E-state index contributed by atoms with van der Waals surface area (Å²) in [6, 6.07) is 8.05. The average Bonchev–Trinajstić information content (AvgIpc) is 3.20. The van der Waals surface area contributed by atoms with Crippen LogP contribution in [-0.2, 0) is 0 Å². The minimum atomic E-state index is 0.000935. The van der Waals surface area contributed by atoms with Gasteiger partial charge in [0.2, 0.25) is 0 Å². The summed E-state index contributed by atoms with van der Waals surface area (Å²) < 4.78 is 5.55. The van der Waals surface area contributed by atoms with Crippen molar-refractivity contribution in [3.63, 3.8) is 0 Å². The summed E-state index contributed by atoms with van der Waals surface area (Å²) >= 11 is 0. The summed E-state index contributed by atoms with van der Waals surface area (Å²) in [7, 11) is 0. The van der Waals surface area contributed by atoms with Gasteiger partial charge in [0.25, 0.3) is 5.91 Å². The first kappa shape index (κ1) is 16.5. The molecule has 2 fully saturated rings. The molecule has 4 nitrogen and oxygen atoms in total. The van der Waals surface area contributed by atoms with E-state index in [1.54, 1.807) is 0 Å². The van der Waals surface area contributed by atoms with Crippen LogP contribution in [0, 0.1) is 16.7 Å². The fourth-order valence-electron chi connectivity index (χ4n) is 5.36. The molecule has 2 bridgehead atoms. The number of benzene rings is 1. The number of hydrogen-bond acceptors (Lipinski definition) is 2. The van der Waals surface area contributed by atoms with Gasteiger partial charge in [-0.25, -0.2) is 0 Å². The van der Waals surface area contributed by atoms with Crippen molar-refractivity contribution in [2.24, 2.45) is 16.7 Å². The largest absolute Gasteiger partial charge is 0.494 e. The van der Waals surface area contributed by atoms with Crippen molar-refractivity contribution < 1.29 is 9.53 Å². The smallest absolute Gasteiger partial charge is 0.267 e. The number of aromatic nitrogens is 1. The molecule has 4 heteroatoms. The zero-order valence-electron chi connectivity index (χ0n) is 15.6. The van der Waals surface area contributed by atoms with E-state index in [0.29, 0.717) is 12.3 Å². The summed E-state index contributed by atoms with van der Waals surface area (Å²) in [4.78, 5) is 16.2. The van der Waals surface area contributed by atoms with Crippen molar-refractivity contribution >= 4 is 16.8 Å². The SMILES string of the molecule is CCOc1ccc2[nH]c(C(=O)NC3C(C)(C)C4CC[C@]3(C)C4)cc2c1. The first-order valence-corrected chi connectivity index (χ1v) is 9.40. The van der Waals surface area contributed by atoms with E-state index in [1.807, 2.05) is 31.2 Å². The maximum absolute atomic E-state index is 12.9. The van der Waals surface area contributed by atoms with E-state index in [9.17, 15) is 4.79 Å². The second-order valence-corrected chi connectivity index (χ2v) is 8.69. The summed E-state index contributed by atoms with van der Waals surface area (Å²) in [5, 5.41) is 4.37. The molecule has 0 aliphatic heterocycles. The molecular weight excluding hydrogens is 312 g/mol. The number of ether oxygens (including phenoxy) is 1. The molecule has 2 aliphatic rings. The maximum atomic E-state index is 12.9. The van der Waals surface area contributed by atoms with Gasteiger partial charge in [0.1, 0.15) is 11.4 Å². The van der Waals surface area contributed by atoms with Crippen molar-refractivity contribution in [3.8, 4) is 5.75 Å². The molecule has 1 aromatic carbocycles. The van der Waals surface area contributed by atoms with Crippen LogP contribution < -0.4 is 10.1 Å². The number of hydrogen-bond donors (Lipinski definition) is 2. The highest BCUT2D eigenvalue weighted by Gasteiger charge is 2.59. The van der Waals surface area contributed by atoms with Gasteiger partial charge in [-0.05, 0) is 67.2 Å². The molecule has 1 heterocycles. The van der Waals surface area contributed by atoms with Gasteiger partial charge in [0, 0.05) is 16.9 Å². The first-order chi connectivity index (χ1) is 11.8. The van der Waals surface area contributed by atoms with Gasteiger partial charge in [-0.3, -0.25) is 4.79 Å². The van der Waals surface area contributed by atoms with E-state index in [1.165, 1.54) is 19.3 Å². The third-order valence-corrected chi connectivity index (χ3v) is 6.69. The molecule has 25 heavy (non-hydrogen) atoms. The predicted molar refractivity (Wildman–Crippen MR) is 100.0 cm³/mol. The van der Waals surface area contributed by atoms with Gasteiger partial charge in [-0.1, -0.05) is 20.8 Å². The Morgan fingerprint density at radius 3 is 2.80 bits per heavy atom. The van der Waals surface area contributed by atoms with Gasteiger partial charge in [-0.15, -0.1) is 0 Å².